The minimum atomic E-state index is -0.0208. The fraction of sp³-hybridized carbons (Fsp3) is 0.600. The van der Waals surface area contributed by atoms with Gasteiger partial charge in [0.15, 0.2) is 0 Å². The highest BCUT2D eigenvalue weighted by atomic mass is 16.5. The first-order valence-corrected chi connectivity index (χ1v) is 2.40. The molecule has 44 valence electrons. The van der Waals surface area contributed by atoms with E-state index in [0.717, 1.165) is 6.54 Å². The van der Waals surface area contributed by atoms with Crippen LogP contribution in [0.3, 0.4) is 0 Å². The Bertz CT molecular complexity index is 135. The maximum atomic E-state index is 9.85. The number of methoxy groups -OCH3 is 1. The first-order valence-electron chi connectivity index (χ1n) is 2.40. The molecule has 0 aliphatic carbocycles. The summed E-state index contributed by atoms with van der Waals surface area (Å²) in [5.74, 6) is 1.73. The van der Waals surface area contributed by atoms with Crippen molar-refractivity contribution in [2.75, 3.05) is 13.7 Å². The van der Waals surface area contributed by atoms with Crippen LogP contribution in [0.4, 0.5) is 0 Å². The molecule has 1 N–H and O–H groups in total. The lowest BCUT2D eigenvalue weighted by molar-refractivity contribution is 0.0951. The molecule has 1 atom stereocenters. The Hall–Kier alpha value is -0.790. The van der Waals surface area contributed by atoms with Crippen molar-refractivity contribution in [2.45, 2.75) is 6.10 Å². The average Bonchev–Trinajstić information content (AvgIpc) is 1.66. The topological polar surface area (TPSA) is 38.3 Å². The van der Waals surface area contributed by atoms with Crippen LogP contribution in [0.15, 0.2) is 5.70 Å². The molecule has 1 rings (SSSR count). The van der Waals surface area contributed by atoms with Crippen LogP contribution in [0.25, 0.3) is 0 Å². The number of hydrogen-bond acceptors (Lipinski definition) is 3. The maximum absolute atomic E-state index is 9.85. The lowest BCUT2D eigenvalue weighted by Gasteiger charge is -2.26. The highest BCUT2D eigenvalue weighted by Crippen LogP contribution is 2.06. The molecule has 3 nitrogen and oxygen atoms in total. The zero-order chi connectivity index (χ0) is 5.98. The molecule has 0 saturated carbocycles. The molecule has 0 aromatic carbocycles. The molecule has 1 aliphatic rings. The largest absolute Gasteiger partial charge is 0.374 e. The molecule has 1 unspecified atom stereocenters. The molecule has 0 spiro atoms. The van der Waals surface area contributed by atoms with Gasteiger partial charge < -0.3 is 10.1 Å². The molecule has 0 amide bonds. The molecular formula is C5H7NO2. The summed E-state index contributed by atoms with van der Waals surface area (Å²) < 4.78 is 4.83. The SMILES string of the molecule is COC1CNC1=C=O. The van der Waals surface area contributed by atoms with Crippen molar-refractivity contribution in [3.63, 3.8) is 0 Å². The predicted molar refractivity (Wildman–Crippen MR) is 28.0 cm³/mol. The van der Waals surface area contributed by atoms with Crippen molar-refractivity contribution in [3.8, 4) is 0 Å². The molecule has 0 aromatic rings. The van der Waals surface area contributed by atoms with E-state index in [1.807, 2.05) is 0 Å². The summed E-state index contributed by atoms with van der Waals surface area (Å²) in [4.78, 5) is 9.85. The van der Waals surface area contributed by atoms with Crippen LogP contribution in [0.2, 0.25) is 0 Å². The van der Waals surface area contributed by atoms with E-state index >= 15 is 0 Å². The van der Waals surface area contributed by atoms with Crippen molar-refractivity contribution in [1.29, 1.82) is 0 Å². The normalized spacial score (nSPS) is 25.6. The van der Waals surface area contributed by atoms with E-state index in [4.69, 9.17) is 4.74 Å². The van der Waals surface area contributed by atoms with Gasteiger partial charge in [0.1, 0.15) is 17.7 Å². The smallest absolute Gasteiger partial charge is 0.148 e. The van der Waals surface area contributed by atoms with Gasteiger partial charge in [-0.1, -0.05) is 0 Å². The van der Waals surface area contributed by atoms with Crippen LogP contribution in [0, 0.1) is 0 Å². The quantitative estimate of drug-likeness (QED) is 0.458. The summed E-state index contributed by atoms with van der Waals surface area (Å²) in [7, 11) is 1.57. The zero-order valence-electron chi connectivity index (χ0n) is 4.60. The van der Waals surface area contributed by atoms with Gasteiger partial charge in [0, 0.05) is 13.7 Å². The molecule has 0 radical (unpaired) electrons. The highest BCUT2D eigenvalue weighted by molar-refractivity contribution is 5.55. The Morgan fingerprint density at radius 1 is 2.00 bits per heavy atom. The summed E-state index contributed by atoms with van der Waals surface area (Å²) in [5, 5.41) is 2.76. The predicted octanol–water partition coefficient (Wildman–Crippen LogP) is -0.680. The lowest BCUT2D eigenvalue weighted by Crippen LogP contribution is -2.45. The third-order valence-corrected chi connectivity index (χ3v) is 1.19. The summed E-state index contributed by atoms with van der Waals surface area (Å²) in [5.41, 5.74) is 0.535. The van der Waals surface area contributed by atoms with E-state index in [1.165, 1.54) is 0 Å². The number of carbonyl (C=O) groups excluding carboxylic acids is 1. The number of rotatable bonds is 1. The molecule has 1 saturated heterocycles. The minimum Gasteiger partial charge on any atom is -0.374 e. The van der Waals surface area contributed by atoms with Gasteiger partial charge >= 0.3 is 0 Å². The molecule has 0 aromatic heterocycles. The van der Waals surface area contributed by atoms with Gasteiger partial charge in [-0.05, 0) is 0 Å². The fourth-order valence-electron chi connectivity index (χ4n) is 0.590. The first kappa shape index (κ1) is 5.35. The van der Waals surface area contributed by atoms with E-state index in [9.17, 15) is 4.79 Å². The van der Waals surface area contributed by atoms with Gasteiger partial charge in [0.05, 0.1) is 0 Å². The fourth-order valence-corrected chi connectivity index (χ4v) is 0.590. The minimum absolute atomic E-state index is 0.0208. The molecule has 0 bridgehead atoms. The van der Waals surface area contributed by atoms with Crippen molar-refractivity contribution < 1.29 is 9.53 Å². The number of nitrogens with one attached hydrogen (secondary N) is 1. The average molecular weight is 113 g/mol. The Balaban J connectivity index is 2.50. The second kappa shape index (κ2) is 1.99. The number of hydrogen-bond donors (Lipinski definition) is 1. The van der Waals surface area contributed by atoms with Gasteiger partial charge in [-0.25, -0.2) is 4.79 Å². The molecular weight excluding hydrogens is 106 g/mol. The van der Waals surface area contributed by atoms with Gasteiger partial charge in [-0.15, -0.1) is 0 Å². The molecule has 1 heterocycles. The van der Waals surface area contributed by atoms with E-state index < -0.39 is 0 Å². The second-order valence-electron chi connectivity index (χ2n) is 1.62. The number of ether oxygens (including phenoxy) is 1. The van der Waals surface area contributed by atoms with Crippen molar-refractivity contribution >= 4 is 5.94 Å². The molecule has 8 heavy (non-hydrogen) atoms. The van der Waals surface area contributed by atoms with Crippen LogP contribution in [-0.2, 0) is 9.53 Å². The third-order valence-electron chi connectivity index (χ3n) is 1.19. The first-order chi connectivity index (χ1) is 3.88. The van der Waals surface area contributed by atoms with Gasteiger partial charge in [-0.3, -0.25) is 0 Å². The second-order valence-corrected chi connectivity index (χ2v) is 1.62. The van der Waals surface area contributed by atoms with Gasteiger partial charge in [0.2, 0.25) is 0 Å². The Morgan fingerprint density at radius 3 is 2.88 bits per heavy atom. The van der Waals surface area contributed by atoms with E-state index in [0.29, 0.717) is 5.70 Å². The Kier molecular flexibility index (Phi) is 1.33. The Morgan fingerprint density at radius 2 is 2.75 bits per heavy atom. The van der Waals surface area contributed by atoms with Crippen LogP contribution in [0.1, 0.15) is 0 Å². The van der Waals surface area contributed by atoms with Crippen LogP contribution in [-0.4, -0.2) is 25.7 Å². The van der Waals surface area contributed by atoms with E-state index in [1.54, 1.807) is 13.1 Å². The van der Waals surface area contributed by atoms with Crippen LogP contribution in [0.5, 0.6) is 0 Å². The molecule has 1 aliphatic heterocycles. The maximum Gasteiger partial charge on any atom is 0.148 e. The molecule has 3 heteroatoms. The Labute approximate surface area is 47.3 Å². The summed E-state index contributed by atoms with van der Waals surface area (Å²) >= 11 is 0. The van der Waals surface area contributed by atoms with Crippen molar-refractivity contribution in [1.82, 2.24) is 5.32 Å². The van der Waals surface area contributed by atoms with Crippen molar-refractivity contribution in [2.24, 2.45) is 0 Å². The highest BCUT2D eigenvalue weighted by Gasteiger charge is 2.23. The zero-order valence-corrected chi connectivity index (χ0v) is 4.60. The monoisotopic (exact) mass is 113 g/mol. The summed E-state index contributed by atoms with van der Waals surface area (Å²) in [6, 6.07) is 0. The van der Waals surface area contributed by atoms with E-state index in [2.05, 4.69) is 5.32 Å². The summed E-state index contributed by atoms with van der Waals surface area (Å²) in [6.45, 7) is 0.737. The molecule has 1 fully saturated rings. The van der Waals surface area contributed by atoms with Crippen LogP contribution < -0.4 is 5.32 Å². The standard InChI is InChI=1S/C5H7NO2/c1-8-5-2-6-4(5)3-7/h5-6H,2H2,1H3. The van der Waals surface area contributed by atoms with Gasteiger partial charge in [0.25, 0.3) is 0 Å². The third kappa shape index (κ3) is 0.619. The lowest BCUT2D eigenvalue weighted by atomic mass is 10.1. The summed E-state index contributed by atoms with van der Waals surface area (Å²) in [6.07, 6.45) is -0.0208. The van der Waals surface area contributed by atoms with Crippen LogP contribution >= 0.6 is 0 Å². The van der Waals surface area contributed by atoms with E-state index in [-0.39, 0.29) is 6.10 Å². The van der Waals surface area contributed by atoms with Crippen molar-refractivity contribution in [3.05, 3.63) is 5.70 Å². The van der Waals surface area contributed by atoms with Gasteiger partial charge in [-0.2, -0.15) is 0 Å².